The fraction of sp³-hybridized carbons (Fsp3) is 0.462. The summed E-state index contributed by atoms with van der Waals surface area (Å²) in [5.74, 6) is -1.45. The second-order valence-electron chi connectivity index (χ2n) is 4.45. The molecule has 0 saturated carbocycles. The third-order valence-corrected chi connectivity index (χ3v) is 2.80. The molecular weight excluding hydrogens is 221 g/mol. The Balaban J connectivity index is 2.80. The van der Waals surface area contributed by atoms with Crippen molar-refractivity contribution in [3.05, 3.63) is 29.6 Å². The summed E-state index contributed by atoms with van der Waals surface area (Å²) in [5.41, 5.74) is 1.78. The van der Waals surface area contributed by atoms with Gasteiger partial charge in [0.2, 0.25) is 0 Å². The minimum atomic E-state index is -0.793. The number of hydrogen-bond acceptors (Lipinski definition) is 2. The van der Waals surface area contributed by atoms with Crippen molar-refractivity contribution in [1.29, 1.82) is 0 Å². The summed E-state index contributed by atoms with van der Waals surface area (Å²) in [6.45, 7) is 1.68. The van der Waals surface area contributed by atoms with Crippen molar-refractivity contribution >= 4 is 11.7 Å². The van der Waals surface area contributed by atoms with E-state index in [0.29, 0.717) is 12.8 Å². The Morgan fingerprint density at radius 1 is 1.47 bits per heavy atom. The quantitative estimate of drug-likeness (QED) is 0.858. The molecule has 0 saturated heterocycles. The van der Waals surface area contributed by atoms with Crippen LogP contribution < -0.4 is 4.90 Å². The van der Waals surface area contributed by atoms with Gasteiger partial charge in [0.25, 0.3) is 0 Å². The number of benzene rings is 1. The molecule has 0 heterocycles. The Kier molecular flexibility index (Phi) is 4.49. The summed E-state index contributed by atoms with van der Waals surface area (Å²) in [5, 5.41) is 8.81. The van der Waals surface area contributed by atoms with Gasteiger partial charge in [-0.2, -0.15) is 0 Å². The molecule has 0 spiro atoms. The lowest BCUT2D eigenvalue weighted by atomic mass is 9.99. The summed E-state index contributed by atoms with van der Waals surface area (Å²) in [6.07, 6.45) is 1.20. The van der Waals surface area contributed by atoms with Gasteiger partial charge in [-0.05, 0) is 30.5 Å². The average molecular weight is 239 g/mol. The number of halogens is 1. The van der Waals surface area contributed by atoms with Gasteiger partial charge in [0, 0.05) is 19.8 Å². The van der Waals surface area contributed by atoms with Gasteiger partial charge in [-0.15, -0.1) is 0 Å². The first-order valence-electron chi connectivity index (χ1n) is 5.60. The number of carbonyl (C=O) groups is 1. The van der Waals surface area contributed by atoms with Crippen molar-refractivity contribution in [2.45, 2.75) is 19.8 Å². The second-order valence-corrected chi connectivity index (χ2v) is 4.45. The number of aliphatic carboxylic acids is 1. The van der Waals surface area contributed by atoms with Gasteiger partial charge in [0.05, 0.1) is 5.92 Å². The molecule has 0 bridgehead atoms. The first kappa shape index (κ1) is 13.5. The van der Waals surface area contributed by atoms with Crippen molar-refractivity contribution in [2.24, 2.45) is 5.92 Å². The lowest BCUT2D eigenvalue weighted by Gasteiger charge is -2.18. The first-order chi connectivity index (χ1) is 7.91. The SMILES string of the molecule is CC(CCc1ccc(F)cc1N(C)C)C(=O)O. The predicted octanol–water partition coefficient (Wildman–Crippen LogP) is 2.54. The van der Waals surface area contributed by atoms with Crippen LogP contribution in [0.4, 0.5) is 10.1 Å². The molecule has 0 aliphatic heterocycles. The molecule has 0 radical (unpaired) electrons. The molecule has 0 aliphatic rings. The Bertz CT molecular complexity index is 404. The monoisotopic (exact) mass is 239 g/mol. The van der Waals surface area contributed by atoms with Crippen LogP contribution in [0.2, 0.25) is 0 Å². The van der Waals surface area contributed by atoms with E-state index in [9.17, 15) is 9.18 Å². The van der Waals surface area contributed by atoms with Crippen LogP contribution in [0.15, 0.2) is 18.2 Å². The Morgan fingerprint density at radius 3 is 2.65 bits per heavy atom. The van der Waals surface area contributed by atoms with Crippen LogP contribution in [0.1, 0.15) is 18.9 Å². The molecule has 1 aromatic rings. The molecule has 94 valence electrons. The molecule has 0 amide bonds. The van der Waals surface area contributed by atoms with Crippen LogP contribution >= 0.6 is 0 Å². The van der Waals surface area contributed by atoms with E-state index in [4.69, 9.17) is 5.11 Å². The van der Waals surface area contributed by atoms with Crippen molar-refractivity contribution < 1.29 is 14.3 Å². The van der Waals surface area contributed by atoms with Crippen molar-refractivity contribution in [1.82, 2.24) is 0 Å². The lowest BCUT2D eigenvalue weighted by molar-refractivity contribution is -0.141. The summed E-state index contributed by atoms with van der Waals surface area (Å²) >= 11 is 0. The van der Waals surface area contributed by atoms with Crippen LogP contribution in [0.5, 0.6) is 0 Å². The zero-order valence-electron chi connectivity index (χ0n) is 10.4. The standard InChI is InChI=1S/C13H18FNO2/c1-9(13(16)17)4-5-10-6-7-11(14)8-12(10)15(2)3/h6-9H,4-5H2,1-3H3,(H,16,17). The maximum atomic E-state index is 13.1. The van der Waals surface area contributed by atoms with E-state index in [1.165, 1.54) is 12.1 Å². The molecule has 3 nitrogen and oxygen atoms in total. The maximum Gasteiger partial charge on any atom is 0.306 e. The van der Waals surface area contributed by atoms with E-state index < -0.39 is 5.97 Å². The number of anilines is 1. The van der Waals surface area contributed by atoms with E-state index >= 15 is 0 Å². The predicted molar refractivity (Wildman–Crippen MR) is 65.8 cm³/mol. The van der Waals surface area contributed by atoms with Gasteiger partial charge in [0.15, 0.2) is 0 Å². The molecule has 17 heavy (non-hydrogen) atoms. The van der Waals surface area contributed by atoms with E-state index in [1.807, 2.05) is 19.0 Å². The highest BCUT2D eigenvalue weighted by Crippen LogP contribution is 2.22. The van der Waals surface area contributed by atoms with Crippen molar-refractivity contribution in [3.63, 3.8) is 0 Å². The van der Waals surface area contributed by atoms with Crippen LogP contribution in [0.3, 0.4) is 0 Å². The fourth-order valence-electron chi connectivity index (χ4n) is 1.66. The zero-order valence-corrected chi connectivity index (χ0v) is 10.4. The minimum absolute atomic E-state index is 0.274. The lowest BCUT2D eigenvalue weighted by Crippen LogP contribution is -2.14. The van der Waals surface area contributed by atoms with Crippen LogP contribution in [0.25, 0.3) is 0 Å². The number of nitrogens with zero attached hydrogens (tertiary/aromatic N) is 1. The van der Waals surface area contributed by atoms with E-state index in [1.54, 1.807) is 13.0 Å². The van der Waals surface area contributed by atoms with Crippen LogP contribution in [0, 0.1) is 11.7 Å². The molecule has 0 aromatic heterocycles. The number of hydrogen-bond donors (Lipinski definition) is 1. The van der Waals surface area contributed by atoms with Gasteiger partial charge in [-0.3, -0.25) is 4.79 Å². The number of carboxylic acids is 1. The zero-order chi connectivity index (χ0) is 13.0. The highest BCUT2D eigenvalue weighted by Gasteiger charge is 2.13. The van der Waals surface area contributed by atoms with Gasteiger partial charge in [-0.25, -0.2) is 4.39 Å². The average Bonchev–Trinajstić information content (AvgIpc) is 2.26. The Morgan fingerprint density at radius 2 is 2.12 bits per heavy atom. The highest BCUT2D eigenvalue weighted by molar-refractivity contribution is 5.69. The fourth-order valence-corrected chi connectivity index (χ4v) is 1.66. The van der Waals surface area contributed by atoms with Gasteiger partial charge in [-0.1, -0.05) is 13.0 Å². The number of aryl methyl sites for hydroxylation is 1. The smallest absolute Gasteiger partial charge is 0.306 e. The third kappa shape index (κ3) is 3.73. The van der Waals surface area contributed by atoms with Crippen LogP contribution in [-0.4, -0.2) is 25.2 Å². The Labute approximate surface area is 101 Å². The summed E-state index contributed by atoms with van der Waals surface area (Å²) in [6, 6.07) is 4.60. The second kappa shape index (κ2) is 5.66. The van der Waals surface area contributed by atoms with E-state index in [-0.39, 0.29) is 11.7 Å². The largest absolute Gasteiger partial charge is 0.481 e. The normalized spacial score (nSPS) is 12.2. The summed E-state index contributed by atoms with van der Waals surface area (Å²) in [7, 11) is 3.69. The molecular formula is C13H18FNO2. The molecule has 1 rings (SSSR count). The van der Waals surface area contributed by atoms with Gasteiger partial charge < -0.3 is 10.0 Å². The molecule has 0 aliphatic carbocycles. The van der Waals surface area contributed by atoms with Gasteiger partial charge >= 0.3 is 5.97 Å². The molecule has 1 unspecified atom stereocenters. The third-order valence-electron chi connectivity index (χ3n) is 2.80. The number of carboxylic acid groups (broad SMARTS) is 1. The van der Waals surface area contributed by atoms with Crippen molar-refractivity contribution in [3.8, 4) is 0 Å². The van der Waals surface area contributed by atoms with E-state index in [0.717, 1.165) is 11.3 Å². The highest BCUT2D eigenvalue weighted by atomic mass is 19.1. The molecule has 1 atom stereocenters. The first-order valence-corrected chi connectivity index (χ1v) is 5.60. The molecule has 1 aromatic carbocycles. The van der Waals surface area contributed by atoms with Crippen LogP contribution in [-0.2, 0) is 11.2 Å². The molecule has 1 N–H and O–H groups in total. The van der Waals surface area contributed by atoms with E-state index in [2.05, 4.69) is 0 Å². The van der Waals surface area contributed by atoms with Crippen molar-refractivity contribution in [2.75, 3.05) is 19.0 Å². The molecule has 0 fully saturated rings. The van der Waals surface area contributed by atoms with Gasteiger partial charge in [0.1, 0.15) is 5.82 Å². The number of rotatable bonds is 5. The summed E-state index contributed by atoms with van der Waals surface area (Å²) in [4.78, 5) is 12.6. The summed E-state index contributed by atoms with van der Waals surface area (Å²) < 4.78 is 13.1. The minimum Gasteiger partial charge on any atom is -0.481 e. The topological polar surface area (TPSA) is 40.5 Å². The maximum absolute atomic E-state index is 13.1. The Hall–Kier alpha value is -1.58. The molecule has 4 heteroatoms.